The number of benzene rings is 2. The molecule has 0 bridgehead atoms. The van der Waals surface area contributed by atoms with Gasteiger partial charge in [-0.1, -0.05) is 30.3 Å². The van der Waals surface area contributed by atoms with E-state index >= 15 is 0 Å². The van der Waals surface area contributed by atoms with Gasteiger partial charge in [0.1, 0.15) is 0 Å². The number of ether oxygens (including phenoxy) is 1. The molecule has 3 rings (SSSR count). The first-order valence-corrected chi connectivity index (χ1v) is 11.8. The zero-order valence-electron chi connectivity index (χ0n) is 17.8. The number of rotatable bonds is 7. The van der Waals surface area contributed by atoms with Gasteiger partial charge in [-0.05, 0) is 56.0 Å². The van der Waals surface area contributed by atoms with Crippen LogP contribution in [0.3, 0.4) is 0 Å². The van der Waals surface area contributed by atoms with Gasteiger partial charge in [-0.3, -0.25) is 9.59 Å². The first kappa shape index (κ1) is 23.0. The third-order valence-electron chi connectivity index (χ3n) is 5.45. The van der Waals surface area contributed by atoms with Crippen LogP contribution in [0.5, 0.6) is 0 Å². The van der Waals surface area contributed by atoms with Crippen molar-refractivity contribution >= 4 is 27.6 Å². The summed E-state index contributed by atoms with van der Waals surface area (Å²) in [5, 5.41) is 2.62. The Hall–Kier alpha value is -2.71. The number of hydrogen-bond acceptors (Lipinski definition) is 5. The number of nitrogens with one attached hydrogen (secondary N) is 1. The minimum Gasteiger partial charge on any atom is -0.466 e. The standard InChI is InChI=1S/C23H28N2O5S/c1-3-30-22(27)23(16-19-8-5-4-6-9-19)14-7-15-25(17-23)31(28,29)21-12-10-20(11-13-21)24-18(2)26/h4-6,8-13H,3,7,14-17H2,1-2H3,(H,24,26)/t23-/m1/s1. The average molecular weight is 445 g/mol. The Morgan fingerprint density at radius 3 is 2.39 bits per heavy atom. The number of nitrogens with zero attached hydrogens (tertiary/aromatic N) is 1. The van der Waals surface area contributed by atoms with Gasteiger partial charge in [0, 0.05) is 25.7 Å². The second kappa shape index (κ2) is 9.62. The molecule has 2 aromatic rings. The molecule has 1 aliphatic heterocycles. The molecule has 1 heterocycles. The molecule has 0 unspecified atom stereocenters. The van der Waals surface area contributed by atoms with Gasteiger partial charge in [0.25, 0.3) is 0 Å². The highest BCUT2D eigenvalue weighted by molar-refractivity contribution is 7.89. The smallest absolute Gasteiger partial charge is 0.313 e. The highest BCUT2D eigenvalue weighted by atomic mass is 32.2. The van der Waals surface area contributed by atoms with Gasteiger partial charge in [0.2, 0.25) is 15.9 Å². The topological polar surface area (TPSA) is 92.8 Å². The summed E-state index contributed by atoms with van der Waals surface area (Å²) < 4.78 is 33.4. The second-order valence-electron chi connectivity index (χ2n) is 7.81. The molecule has 31 heavy (non-hydrogen) atoms. The Labute approximate surface area is 183 Å². The number of sulfonamides is 1. The van der Waals surface area contributed by atoms with Gasteiger partial charge in [0.05, 0.1) is 16.9 Å². The van der Waals surface area contributed by atoms with E-state index < -0.39 is 15.4 Å². The predicted octanol–water partition coefficient (Wildman–Crippen LogP) is 3.22. The molecular formula is C23H28N2O5S. The van der Waals surface area contributed by atoms with Crippen LogP contribution in [0.2, 0.25) is 0 Å². The predicted molar refractivity (Wildman–Crippen MR) is 118 cm³/mol. The number of esters is 1. The molecule has 2 aromatic carbocycles. The third-order valence-corrected chi connectivity index (χ3v) is 7.31. The van der Waals surface area contributed by atoms with Crippen molar-refractivity contribution < 1.29 is 22.7 Å². The Bertz CT molecular complexity index is 1020. The molecule has 1 atom stereocenters. The van der Waals surface area contributed by atoms with Crippen molar-refractivity contribution in [3.05, 3.63) is 60.2 Å². The first-order valence-electron chi connectivity index (χ1n) is 10.4. The summed E-state index contributed by atoms with van der Waals surface area (Å²) in [4.78, 5) is 24.3. The van der Waals surface area contributed by atoms with E-state index in [0.29, 0.717) is 31.5 Å². The Balaban J connectivity index is 1.89. The van der Waals surface area contributed by atoms with Crippen LogP contribution < -0.4 is 5.32 Å². The van der Waals surface area contributed by atoms with Crippen LogP contribution in [0.15, 0.2) is 59.5 Å². The largest absolute Gasteiger partial charge is 0.466 e. The van der Waals surface area contributed by atoms with Crippen LogP contribution in [-0.4, -0.2) is 44.3 Å². The summed E-state index contributed by atoms with van der Waals surface area (Å²) in [5.41, 5.74) is 0.559. The van der Waals surface area contributed by atoms with Crippen LogP contribution >= 0.6 is 0 Å². The molecule has 1 amide bonds. The molecule has 8 heteroatoms. The fourth-order valence-corrected chi connectivity index (χ4v) is 5.58. The number of amides is 1. The lowest BCUT2D eigenvalue weighted by Crippen LogP contribution is -2.51. The van der Waals surface area contributed by atoms with Gasteiger partial charge in [-0.15, -0.1) is 0 Å². The van der Waals surface area contributed by atoms with E-state index in [0.717, 1.165) is 5.56 Å². The normalized spacial score (nSPS) is 19.5. The average Bonchev–Trinajstić information content (AvgIpc) is 2.75. The van der Waals surface area contributed by atoms with E-state index in [-0.39, 0.29) is 29.9 Å². The minimum absolute atomic E-state index is 0.0660. The van der Waals surface area contributed by atoms with E-state index in [2.05, 4.69) is 5.32 Å². The van der Waals surface area contributed by atoms with Crippen LogP contribution in [0.1, 0.15) is 32.3 Å². The first-order chi connectivity index (χ1) is 14.8. The molecule has 0 aliphatic carbocycles. The monoisotopic (exact) mass is 444 g/mol. The maximum Gasteiger partial charge on any atom is 0.313 e. The van der Waals surface area contributed by atoms with E-state index in [1.807, 2.05) is 30.3 Å². The lowest BCUT2D eigenvalue weighted by atomic mass is 9.75. The fraction of sp³-hybridized carbons (Fsp3) is 0.391. The number of carbonyl (C=O) groups is 2. The Kier molecular flexibility index (Phi) is 7.12. The van der Waals surface area contributed by atoms with Gasteiger partial charge in [-0.2, -0.15) is 4.31 Å². The Morgan fingerprint density at radius 1 is 1.10 bits per heavy atom. The molecule has 166 valence electrons. The maximum absolute atomic E-state index is 13.3. The van der Waals surface area contributed by atoms with Gasteiger partial charge < -0.3 is 10.1 Å². The molecule has 0 aromatic heterocycles. The summed E-state index contributed by atoms with van der Waals surface area (Å²) in [6, 6.07) is 15.6. The SMILES string of the molecule is CCOC(=O)[C@@]1(Cc2ccccc2)CCCN(S(=O)(=O)c2ccc(NC(C)=O)cc2)C1. The molecular weight excluding hydrogens is 416 g/mol. The van der Waals surface area contributed by atoms with Crippen molar-refractivity contribution in [3.8, 4) is 0 Å². The summed E-state index contributed by atoms with van der Waals surface area (Å²) >= 11 is 0. The summed E-state index contributed by atoms with van der Waals surface area (Å²) in [6.45, 7) is 3.79. The Morgan fingerprint density at radius 2 is 1.77 bits per heavy atom. The molecule has 0 radical (unpaired) electrons. The van der Waals surface area contributed by atoms with Crippen LogP contribution in [-0.2, 0) is 30.8 Å². The number of piperidine rings is 1. The fourth-order valence-electron chi connectivity index (χ4n) is 4.01. The highest BCUT2D eigenvalue weighted by Gasteiger charge is 2.46. The number of hydrogen-bond donors (Lipinski definition) is 1. The van der Waals surface area contributed by atoms with Crippen LogP contribution in [0, 0.1) is 5.41 Å². The van der Waals surface area contributed by atoms with E-state index in [1.165, 1.54) is 23.4 Å². The van der Waals surface area contributed by atoms with E-state index in [1.54, 1.807) is 19.1 Å². The zero-order chi connectivity index (χ0) is 22.5. The van der Waals surface area contributed by atoms with Crippen molar-refractivity contribution in [2.75, 3.05) is 25.0 Å². The molecule has 1 fully saturated rings. The van der Waals surface area contributed by atoms with Crippen molar-refractivity contribution in [1.29, 1.82) is 0 Å². The van der Waals surface area contributed by atoms with Crippen molar-refractivity contribution in [2.45, 2.75) is 38.0 Å². The van der Waals surface area contributed by atoms with Gasteiger partial charge >= 0.3 is 5.97 Å². The summed E-state index contributed by atoms with van der Waals surface area (Å²) in [6.07, 6.45) is 1.54. The molecule has 1 aliphatic rings. The van der Waals surface area contributed by atoms with E-state index in [4.69, 9.17) is 4.74 Å². The van der Waals surface area contributed by atoms with Gasteiger partial charge in [0.15, 0.2) is 0 Å². The molecule has 1 saturated heterocycles. The zero-order valence-corrected chi connectivity index (χ0v) is 18.7. The highest BCUT2D eigenvalue weighted by Crippen LogP contribution is 2.37. The summed E-state index contributed by atoms with van der Waals surface area (Å²) in [7, 11) is -3.81. The van der Waals surface area contributed by atoms with Gasteiger partial charge in [-0.25, -0.2) is 8.42 Å². The molecule has 0 spiro atoms. The van der Waals surface area contributed by atoms with Crippen LogP contribution in [0.4, 0.5) is 5.69 Å². The third kappa shape index (κ3) is 5.32. The van der Waals surface area contributed by atoms with Crippen LogP contribution in [0.25, 0.3) is 0 Å². The lowest BCUT2D eigenvalue weighted by molar-refractivity contribution is -0.157. The van der Waals surface area contributed by atoms with E-state index in [9.17, 15) is 18.0 Å². The molecule has 7 nitrogen and oxygen atoms in total. The molecule has 1 N–H and O–H groups in total. The number of carbonyl (C=O) groups excluding carboxylic acids is 2. The second-order valence-corrected chi connectivity index (χ2v) is 9.75. The van der Waals surface area contributed by atoms with Crippen molar-refractivity contribution in [2.24, 2.45) is 5.41 Å². The van der Waals surface area contributed by atoms with Crippen molar-refractivity contribution in [1.82, 2.24) is 4.31 Å². The van der Waals surface area contributed by atoms with Crippen molar-refractivity contribution in [3.63, 3.8) is 0 Å². The quantitative estimate of drug-likeness (QED) is 0.662. The molecule has 0 saturated carbocycles. The summed E-state index contributed by atoms with van der Waals surface area (Å²) in [5.74, 6) is -0.591. The maximum atomic E-state index is 13.3. The minimum atomic E-state index is -3.81. The number of anilines is 1. The lowest BCUT2D eigenvalue weighted by Gasteiger charge is -2.40.